The van der Waals surface area contributed by atoms with Gasteiger partial charge in [-0.25, -0.2) is 0 Å². The van der Waals surface area contributed by atoms with E-state index in [9.17, 15) is 4.79 Å². The molecule has 3 rings (SSSR count). The fraction of sp³-hybridized carbons (Fsp3) is 0.370. The first-order valence-corrected chi connectivity index (χ1v) is 12.2. The van der Waals surface area contributed by atoms with Crippen molar-refractivity contribution in [1.29, 1.82) is 0 Å². The van der Waals surface area contributed by atoms with Gasteiger partial charge in [0, 0.05) is 42.4 Å². The standard InChI is InChI=1S/C27H33ClN4O4/c1-19-18-31-27(22-5-7-23(28)8-6-22)25-17-24(9-10-26(25)32(19)20(2)29-4)36-16-15-35-14-13-34-12-11-30-21(3)33/h5-10,17H,1,11-16,18H2,2-4H3,(H,30,33). The topological polar surface area (TPSA) is 84.8 Å². The maximum Gasteiger partial charge on any atom is 0.216 e. The zero-order valence-corrected chi connectivity index (χ0v) is 21.8. The summed E-state index contributed by atoms with van der Waals surface area (Å²) in [4.78, 5) is 22.1. The first-order valence-electron chi connectivity index (χ1n) is 11.8. The maximum atomic E-state index is 10.8. The minimum absolute atomic E-state index is 0.0670. The van der Waals surface area contributed by atoms with Crippen molar-refractivity contribution < 1.29 is 19.0 Å². The summed E-state index contributed by atoms with van der Waals surface area (Å²) in [6, 6.07) is 13.6. The number of carbonyl (C=O) groups is 1. The molecule has 192 valence electrons. The number of hydrogen-bond acceptors (Lipinski definition) is 6. The fourth-order valence-corrected chi connectivity index (χ4v) is 3.81. The molecule has 0 spiro atoms. The first kappa shape index (κ1) is 27.4. The molecule has 0 unspecified atom stereocenters. The summed E-state index contributed by atoms with van der Waals surface area (Å²) >= 11 is 6.12. The molecule has 1 aliphatic rings. The molecule has 0 fully saturated rings. The lowest BCUT2D eigenvalue weighted by atomic mass is 9.99. The van der Waals surface area contributed by atoms with E-state index >= 15 is 0 Å². The number of aliphatic imine (C=N–C) groups is 2. The van der Waals surface area contributed by atoms with Gasteiger partial charge in [-0.05, 0) is 37.3 Å². The molecule has 9 heteroatoms. The Morgan fingerprint density at radius 2 is 1.78 bits per heavy atom. The molecule has 0 atom stereocenters. The monoisotopic (exact) mass is 512 g/mol. The number of halogens is 1. The quantitative estimate of drug-likeness (QED) is 0.278. The van der Waals surface area contributed by atoms with E-state index < -0.39 is 0 Å². The number of anilines is 1. The summed E-state index contributed by atoms with van der Waals surface area (Å²) in [5.41, 5.74) is 4.50. The SMILES string of the molecule is C=C1CN=C(c2ccc(Cl)cc2)c2cc(OCCOCCOCCNC(C)=O)ccc2N1C(C)=NC. The van der Waals surface area contributed by atoms with E-state index in [1.165, 1.54) is 6.92 Å². The third kappa shape index (κ3) is 7.65. The van der Waals surface area contributed by atoms with Crippen LogP contribution in [-0.2, 0) is 14.3 Å². The van der Waals surface area contributed by atoms with Crippen molar-refractivity contribution in [1.82, 2.24) is 5.32 Å². The lowest BCUT2D eigenvalue weighted by Gasteiger charge is -2.26. The normalized spacial score (nSPS) is 13.7. The summed E-state index contributed by atoms with van der Waals surface area (Å²) < 4.78 is 17.0. The summed E-state index contributed by atoms with van der Waals surface area (Å²) in [6.45, 7) is 10.8. The van der Waals surface area contributed by atoms with Crippen LogP contribution in [0, 0.1) is 0 Å². The van der Waals surface area contributed by atoms with Crippen LogP contribution in [0.15, 0.2) is 64.7 Å². The molecule has 8 nitrogen and oxygen atoms in total. The van der Waals surface area contributed by atoms with Crippen molar-refractivity contribution >= 4 is 34.7 Å². The largest absolute Gasteiger partial charge is 0.491 e. The van der Waals surface area contributed by atoms with Gasteiger partial charge < -0.3 is 24.4 Å². The Kier molecular flexibility index (Phi) is 10.5. The third-order valence-electron chi connectivity index (χ3n) is 5.45. The van der Waals surface area contributed by atoms with Crippen molar-refractivity contribution in [3.63, 3.8) is 0 Å². The molecule has 36 heavy (non-hydrogen) atoms. The van der Waals surface area contributed by atoms with Crippen LogP contribution in [-0.4, -0.2) is 70.6 Å². The minimum atomic E-state index is -0.0670. The van der Waals surface area contributed by atoms with Gasteiger partial charge in [0.15, 0.2) is 0 Å². The Bertz CT molecular complexity index is 1120. The number of nitrogens with zero attached hydrogens (tertiary/aromatic N) is 3. The average Bonchev–Trinajstić information content (AvgIpc) is 3.01. The number of hydrogen-bond donors (Lipinski definition) is 1. The van der Waals surface area contributed by atoms with E-state index in [1.807, 2.05) is 54.3 Å². The second-order valence-corrected chi connectivity index (χ2v) is 8.52. The van der Waals surface area contributed by atoms with Crippen LogP contribution in [0.5, 0.6) is 5.75 Å². The van der Waals surface area contributed by atoms with Crippen LogP contribution in [0.25, 0.3) is 0 Å². The molecule has 1 amide bonds. The van der Waals surface area contributed by atoms with Gasteiger partial charge in [-0.1, -0.05) is 30.3 Å². The highest BCUT2D eigenvalue weighted by Gasteiger charge is 2.24. The van der Waals surface area contributed by atoms with Crippen molar-refractivity contribution in [2.45, 2.75) is 13.8 Å². The Morgan fingerprint density at radius 3 is 2.47 bits per heavy atom. The van der Waals surface area contributed by atoms with E-state index in [2.05, 4.69) is 16.9 Å². The predicted octanol–water partition coefficient (Wildman–Crippen LogP) is 4.11. The predicted molar refractivity (Wildman–Crippen MR) is 145 cm³/mol. The minimum Gasteiger partial charge on any atom is -0.491 e. The Balaban J connectivity index is 1.67. The molecular weight excluding hydrogens is 480 g/mol. The van der Waals surface area contributed by atoms with Gasteiger partial charge in [0.2, 0.25) is 5.91 Å². The molecule has 1 aliphatic heterocycles. The van der Waals surface area contributed by atoms with Crippen LogP contribution < -0.4 is 15.0 Å². The molecule has 0 radical (unpaired) electrons. The van der Waals surface area contributed by atoms with Crippen molar-refractivity contribution in [2.24, 2.45) is 9.98 Å². The maximum absolute atomic E-state index is 10.8. The number of amides is 1. The zero-order chi connectivity index (χ0) is 25.9. The Morgan fingerprint density at radius 1 is 1.08 bits per heavy atom. The highest BCUT2D eigenvalue weighted by Crippen LogP contribution is 2.33. The van der Waals surface area contributed by atoms with Gasteiger partial charge in [-0.2, -0.15) is 0 Å². The summed E-state index contributed by atoms with van der Waals surface area (Å²) in [6.07, 6.45) is 0. The third-order valence-corrected chi connectivity index (χ3v) is 5.71. The number of benzodiazepines with no additional fused rings is 1. The number of carbonyl (C=O) groups excluding carboxylic acids is 1. The van der Waals surface area contributed by atoms with Gasteiger partial charge in [-0.15, -0.1) is 0 Å². The highest BCUT2D eigenvalue weighted by molar-refractivity contribution is 6.30. The van der Waals surface area contributed by atoms with Crippen LogP contribution in [0.2, 0.25) is 5.02 Å². The van der Waals surface area contributed by atoms with Gasteiger partial charge in [0.05, 0.1) is 44.4 Å². The number of nitrogens with one attached hydrogen (secondary N) is 1. The van der Waals surface area contributed by atoms with Crippen molar-refractivity contribution in [2.75, 3.05) is 58.1 Å². The summed E-state index contributed by atoms with van der Waals surface area (Å²) in [7, 11) is 1.76. The average molecular weight is 513 g/mol. The zero-order valence-electron chi connectivity index (χ0n) is 21.1. The lowest BCUT2D eigenvalue weighted by Crippen LogP contribution is -2.29. The molecular formula is C27H33ClN4O4. The molecule has 0 bridgehead atoms. The van der Waals surface area contributed by atoms with Crippen LogP contribution in [0.3, 0.4) is 0 Å². The van der Waals surface area contributed by atoms with E-state index in [0.717, 1.165) is 34.1 Å². The number of amidine groups is 1. The molecule has 1 heterocycles. The second-order valence-electron chi connectivity index (χ2n) is 8.08. The fourth-order valence-electron chi connectivity index (χ4n) is 3.68. The lowest BCUT2D eigenvalue weighted by molar-refractivity contribution is -0.119. The van der Waals surface area contributed by atoms with Crippen LogP contribution >= 0.6 is 11.6 Å². The molecule has 0 aliphatic carbocycles. The number of rotatable bonds is 11. The van der Waals surface area contributed by atoms with E-state index in [0.29, 0.717) is 56.9 Å². The molecule has 0 saturated heterocycles. The Hall–Kier alpha value is -3.20. The van der Waals surface area contributed by atoms with Gasteiger partial charge in [0.1, 0.15) is 18.2 Å². The summed E-state index contributed by atoms with van der Waals surface area (Å²) in [5.74, 6) is 1.47. The van der Waals surface area contributed by atoms with Crippen molar-refractivity contribution in [3.05, 3.63) is 70.9 Å². The molecule has 2 aromatic carbocycles. The number of fused-ring (bicyclic) bond motifs is 1. The van der Waals surface area contributed by atoms with E-state index in [-0.39, 0.29) is 5.91 Å². The Labute approximate surface area is 217 Å². The molecule has 2 aromatic rings. The van der Waals surface area contributed by atoms with Crippen LogP contribution in [0.4, 0.5) is 5.69 Å². The molecule has 0 saturated carbocycles. The van der Waals surface area contributed by atoms with Crippen molar-refractivity contribution in [3.8, 4) is 5.75 Å². The highest BCUT2D eigenvalue weighted by atomic mass is 35.5. The van der Waals surface area contributed by atoms with Gasteiger partial charge >= 0.3 is 0 Å². The smallest absolute Gasteiger partial charge is 0.216 e. The van der Waals surface area contributed by atoms with Gasteiger partial charge in [0.25, 0.3) is 0 Å². The molecule has 0 aromatic heterocycles. The number of benzene rings is 2. The molecule has 1 N–H and O–H groups in total. The first-order chi connectivity index (χ1) is 17.4. The van der Waals surface area contributed by atoms with E-state index in [1.54, 1.807) is 7.05 Å². The number of ether oxygens (including phenoxy) is 3. The van der Waals surface area contributed by atoms with E-state index in [4.69, 9.17) is 30.8 Å². The van der Waals surface area contributed by atoms with Crippen LogP contribution in [0.1, 0.15) is 25.0 Å². The summed E-state index contributed by atoms with van der Waals surface area (Å²) in [5, 5.41) is 3.35. The second kappa shape index (κ2) is 13.8. The van der Waals surface area contributed by atoms with Gasteiger partial charge in [-0.3, -0.25) is 14.8 Å².